The molecule has 2 rings (SSSR count). The Balaban J connectivity index is 1.92. The van der Waals surface area contributed by atoms with Gasteiger partial charge in [0.1, 0.15) is 5.41 Å². The highest BCUT2D eigenvalue weighted by Gasteiger charge is 2.40. The van der Waals surface area contributed by atoms with Gasteiger partial charge in [-0.2, -0.15) is 5.26 Å². The number of nitriles is 1. The Bertz CT molecular complexity index is 331. The van der Waals surface area contributed by atoms with Crippen molar-refractivity contribution in [2.75, 3.05) is 0 Å². The van der Waals surface area contributed by atoms with Crippen molar-refractivity contribution in [1.29, 1.82) is 5.26 Å². The van der Waals surface area contributed by atoms with Crippen molar-refractivity contribution in [2.24, 2.45) is 5.41 Å². The number of amides is 1. The number of carbonyl (C=O) groups is 1. The Labute approximate surface area is 116 Å². The molecule has 1 amide bonds. The van der Waals surface area contributed by atoms with Crippen LogP contribution in [-0.2, 0) is 4.79 Å². The lowest BCUT2D eigenvalue weighted by molar-refractivity contribution is -0.130. The van der Waals surface area contributed by atoms with Gasteiger partial charge in [-0.05, 0) is 25.7 Å². The summed E-state index contributed by atoms with van der Waals surface area (Å²) in [7, 11) is 0. The molecular formula is C16H26N2O. The van der Waals surface area contributed by atoms with Crippen LogP contribution in [0.5, 0.6) is 0 Å². The molecule has 106 valence electrons. The van der Waals surface area contributed by atoms with Gasteiger partial charge < -0.3 is 5.32 Å². The van der Waals surface area contributed by atoms with Crippen molar-refractivity contribution >= 4 is 5.91 Å². The molecular weight excluding hydrogens is 236 g/mol. The van der Waals surface area contributed by atoms with Gasteiger partial charge in [-0.3, -0.25) is 4.79 Å². The molecule has 3 heteroatoms. The number of rotatable bonds is 2. The summed E-state index contributed by atoms with van der Waals surface area (Å²) in [5.74, 6) is 0.0141. The standard InChI is InChI=1S/C16H26N2O/c17-13-16(11-7-4-8-12-16)15(19)18-14-9-5-2-1-3-6-10-14/h14H,1-12H2,(H,18,19). The molecule has 0 saturated heterocycles. The zero-order chi connectivity index (χ0) is 13.6. The van der Waals surface area contributed by atoms with Crippen LogP contribution in [-0.4, -0.2) is 11.9 Å². The summed E-state index contributed by atoms with van der Waals surface area (Å²) in [6.07, 6.45) is 13.2. The summed E-state index contributed by atoms with van der Waals surface area (Å²) in [6, 6.07) is 2.63. The Morgan fingerprint density at radius 3 is 2.05 bits per heavy atom. The second-order valence-corrected chi connectivity index (χ2v) is 6.27. The summed E-state index contributed by atoms with van der Waals surface area (Å²) >= 11 is 0. The topological polar surface area (TPSA) is 52.9 Å². The molecule has 0 bridgehead atoms. The minimum absolute atomic E-state index is 0.0141. The van der Waals surface area contributed by atoms with E-state index in [0.717, 1.165) is 38.5 Å². The summed E-state index contributed by atoms with van der Waals surface area (Å²) < 4.78 is 0. The highest BCUT2D eigenvalue weighted by molar-refractivity contribution is 5.85. The normalized spacial score (nSPS) is 24.8. The molecule has 0 aromatic carbocycles. The van der Waals surface area contributed by atoms with Crippen molar-refractivity contribution in [3.63, 3.8) is 0 Å². The molecule has 3 nitrogen and oxygen atoms in total. The zero-order valence-corrected chi connectivity index (χ0v) is 11.9. The van der Waals surface area contributed by atoms with Crippen molar-refractivity contribution in [3.05, 3.63) is 0 Å². The van der Waals surface area contributed by atoms with Crippen molar-refractivity contribution in [3.8, 4) is 6.07 Å². The fraction of sp³-hybridized carbons (Fsp3) is 0.875. The van der Waals surface area contributed by atoms with E-state index in [4.69, 9.17) is 0 Å². The van der Waals surface area contributed by atoms with E-state index in [0.29, 0.717) is 6.04 Å². The van der Waals surface area contributed by atoms with Gasteiger partial charge in [-0.1, -0.05) is 51.4 Å². The summed E-state index contributed by atoms with van der Waals surface area (Å²) in [5, 5.41) is 12.6. The van der Waals surface area contributed by atoms with Gasteiger partial charge in [0.15, 0.2) is 0 Å². The molecule has 0 aromatic heterocycles. The molecule has 0 unspecified atom stereocenters. The highest BCUT2D eigenvalue weighted by Crippen LogP contribution is 2.36. The minimum Gasteiger partial charge on any atom is -0.352 e. The van der Waals surface area contributed by atoms with Crippen LogP contribution in [0.25, 0.3) is 0 Å². The molecule has 19 heavy (non-hydrogen) atoms. The highest BCUT2D eigenvalue weighted by atomic mass is 16.2. The summed E-state index contributed by atoms with van der Waals surface area (Å²) in [6.45, 7) is 0. The van der Waals surface area contributed by atoms with Crippen LogP contribution in [0.15, 0.2) is 0 Å². The number of carbonyl (C=O) groups excluding carboxylic acids is 1. The van der Waals surface area contributed by atoms with E-state index >= 15 is 0 Å². The van der Waals surface area contributed by atoms with E-state index in [1.165, 1.54) is 38.5 Å². The van der Waals surface area contributed by atoms with E-state index in [2.05, 4.69) is 11.4 Å². The van der Waals surface area contributed by atoms with E-state index in [-0.39, 0.29) is 5.91 Å². The molecule has 0 radical (unpaired) electrons. The van der Waals surface area contributed by atoms with E-state index in [1.807, 2.05) is 0 Å². The Morgan fingerprint density at radius 2 is 1.47 bits per heavy atom. The number of nitrogens with zero attached hydrogens (tertiary/aromatic N) is 1. The fourth-order valence-electron chi connectivity index (χ4n) is 3.47. The molecule has 0 spiro atoms. The van der Waals surface area contributed by atoms with Crippen LogP contribution in [0.1, 0.15) is 77.0 Å². The van der Waals surface area contributed by atoms with Crippen LogP contribution in [0, 0.1) is 16.7 Å². The lowest BCUT2D eigenvalue weighted by Crippen LogP contribution is -2.46. The number of hydrogen-bond donors (Lipinski definition) is 1. The predicted octanol–water partition coefficient (Wildman–Crippen LogP) is 3.69. The number of nitrogens with one attached hydrogen (secondary N) is 1. The Kier molecular flexibility index (Phi) is 5.24. The van der Waals surface area contributed by atoms with Crippen LogP contribution < -0.4 is 5.32 Å². The smallest absolute Gasteiger partial charge is 0.240 e. The van der Waals surface area contributed by atoms with E-state index < -0.39 is 5.41 Å². The summed E-state index contributed by atoms with van der Waals surface area (Å²) in [5.41, 5.74) is -0.722. The first kappa shape index (κ1) is 14.4. The molecule has 2 saturated carbocycles. The van der Waals surface area contributed by atoms with Crippen LogP contribution in [0.3, 0.4) is 0 Å². The molecule has 2 aliphatic carbocycles. The lowest BCUT2D eigenvalue weighted by Gasteiger charge is -2.31. The van der Waals surface area contributed by atoms with Crippen molar-refractivity contribution in [2.45, 2.75) is 83.1 Å². The average molecular weight is 262 g/mol. The van der Waals surface area contributed by atoms with Gasteiger partial charge in [-0.15, -0.1) is 0 Å². The molecule has 0 heterocycles. The van der Waals surface area contributed by atoms with Crippen molar-refractivity contribution < 1.29 is 4.79 Å². The molecule has 2 fully saturated rings. The van der Waals surface area contributed by atoms with E-state index in [1.54, 1.807) is 0 Å². The van der Waals surface area contributed by atoms with Crippen LogP contribution >= 0.6 is 0 Å². The third-order valence-electron chi connectivity index (χ3n) is 4.80. The molecule has 1 N–H and O–H groups in total. The van der Waals surface area contributed by atoms with E-state index in [9.17, 15) is 10.1 Å². The lowest BCUT2D eigenvalue weighted by atomic mass is 9.74. The SMILES string of the molecule is N#CC1(C(=O)NC2CCCCCCC2)CCCCC1. The first-order valence-electron chi connectivity index (χ1n) is 7.99. The largest absolute Gasteiger partial charge is 0.352 e. The van der Waals surface area contributed by atoms with Crippen LogP contribution in [0.2, 0.25) is 0 Å². The van der Waals surface area contributed by atoms with Crippen LogP contribution in [0.4, 0.5) is 0 Å². The Hall–Kier alpha value is -1.04. The third-order valence-corrected chi connectivity index (χ3v) is 4.80. The third kappa shape index (κ3) is 3.72. The van der Waals surface area contributed by atoms with Gasteiger partial charge in [0.05, 0.1) is 6.07 Å². The molecule has 0 aromatic rings. The van der Waals surface area contributed by atoms with Gasteiger partial charge in [0, 0.05) is 6.04 Å². The monoisotopic (exact) mass is 262 g/mol. The average Bonchev–Trinajstić information content (AvgIpc) is 2.42. The van der Waals surface area contributed by atoms with Gasteiger partial charge >= 0.3 is 0 Å². The second kappa shape index (κ2) is 6.93. The molecule has 2 aliphatic rings. The maximum absolute atomic E-state index is 12.5. The quantitative estimate of drug-likeness (QED) is 0.825. The second-order valence-electron chi connectivity index (χ2n) is 6.27. The maximum atomic E-state index is 12.5. The molecule has 0 aliphatic heterocycles. The van der Waals surface area contributed by atoms with Gasteiger partial charge in [0.25, 0.3) is 0 Å². The van der Waals surface area contributed by atoms with Gasteiger partial charge in [0.2, 0.25) is 5.91 Å². The number of hydrogen-bond acceptors (Lipinski definition) is 2. The Morgan fingerprint density at radius 1 is 0.947 bits per heavy atom. The maximum Gasteiger partial charge on any atom is 0.240 e. The first-order chi connectivity index (χ1) is 9.27. The minimum atomic E-state index is -0.722. The van der Waals surface area contributed by atoms with Gasteiger partial charge in [-0.25, -0.2) is 0 Å². The summed E-state index contributed by atoms with van der Waals surface area (Å²) in [4.78, 5) is 12.5. The van der Waals surface area contributed by atoms with Crippen molar-refractivity contribution in [1.82, 2.24) is 5.32 Å². The molecule has 0 atom stereocenters. The first-order valence-corrected chi connectivity index (χ1v) is 7.99. The predicted molar refractivity (Wildman–Crippen MR) is 75.4 cm³/mol. The zero-order valence-electron chi connectivity index (χ0n) is 11.9. The fourth-order valence-corrected chi connectivity index (χ4v) is 3.47.